The molecule has 3 heterocycles. The molecule has 0 radical (unpaired) electrons. The van der Waals surface area contributed by atoms with Gasteiger partial charge in [0.1, 0.15) is 0 Å². The van der Waals surface area contributed by atoms with Crippen LogP contribution in [0, 0.1) is 10.1 Å². The molecule has 10 nitrogen and oxygen atoms in total. The lowest BCUT2D eigenvalue weighted by Gasteiger charge is -2.35. The van der Waals surface area contributed by atoms with Gasteiger partial charge in [-0.1, -0.05) is 6.92 Å². The Kier molecular flexibility index (Phi) is 5.04. The first-order valence-corrected chi connectivity index (χ1v) is 8.73. The number of carbonyl (C=O) groups excluding carboxylic acids is 1. The second-order valence-corrected chi connectivity index (χ2v) is 6.79. The zero-order chi connectivity index (χ0) is 20.5. The zero-order valence-corrected chi connectivity index (χ0v) is 15.7. The molecule has 1 aliphatic heterocycles. The van der Waals surface area contributed by atoms with Gasteiger partial charge >= 0.3 is 5.82 Å². The number of ether oxygens (including phenoxy) is 2. The average Bonchev–Trinajstić information content (AvgIpc) is 2.64. The summed E-state index contributed by atoms with van der Waals surface area (Å²) >= 11 is 0. The lowest BCUT2D eigenvalue weighted by molar-refractivity contribution is -0.389. The van der Waals surface area contributed by atoms with Gasteiger partial charge in [0, 0.05) is 24.0 Å². The van der Waals surface area contributed by atoms with E-state index in [-0.39, 0.29) is 29.3 Å². The maximum Gasteiger partial charge on any atom is 0.366 e. The van der Waals surface area contributed by atoms with Crippen molar-refractivity contribution in [2.75, 3.05) is 11.5 Å². The van der Waals surface area contributed by atoms with Crippen LogP contribution < -0.4 is 19.8 Å². The second-order valence-electron chi connectivity index (χ2n) is 6.79. The van der Waals surface area contributed by atoms with Crippen LogP contribution in [0.4, 0.5) is 11.6 Å². The van der Waals surface area contributed by atoms with Crippen molar-refractivity contribution in [1.29, 1.82) is 0 Å². The van der Waals surface area contributed by atoms with Crippen LogP contribution in [0.15, 0.2) is 29.2 Å². The van der Waals surface area contributed by atoms with Crippen LogP contribution in [0.5, 0.6) is 11.5 Å². The van der Waals surface area contributed by atoms with Crippen LogP contribution in [0.2, 0.25) is 0 Å². The van der Waals surface area contributed by atoms with E-state index in [2.05, 4.69) is 9.97 Å². The lowest BCUT2D eigenvalue weighted by atomic mass is 10.1. The molecule has 1 N–H and O–H groups in total. The predicted octanol–water partition coefficient (Wildman–Crippen LogP) is 2.17. The third kappa shape index (κ3) is 3.66. The summed E-state index contributed by atoms with van der Waals surface area (Å²) in [4.78, 5) is 43.6. The number of pyridine rings is 2. The summed E-state index contributed by atoms with van der Waals surface area (Å²) in [7, 11) is 0. The van der Waals surface area contributed by atoms with Crippen molar-refractivity contribution >= 4 is 17.5 Å². The summed E-state index contributed by atoms with van der Waals surface area (Å²) in [6.07, 6.45) is 2.20. The SMILES string of the molecule is CCCOc1c[nH]c(CN2C(=O)C(C)(C)Oc3ccc([N+](=O)[O-])nc32)cc1=O. The van der Waals surface area contributed by atoms with Crippen molar-refractivity contribution in [3.8, 4) is 11.5 Å². The number of hydrogen-bond acceptors (Lipinski definition) is 7. The Hall–Kier alpha value is -3.43. The summed E-state index contributed by atoms with van der Waals surface area (Å²) in [5.74, 6) is -0.364. The van der Waals surface area contributed by atoms with Crippen LogP contribution >= 0.6 is 0 Å². The number of nitrogens with one attached hydrogen (secondary N) is 1. The molecule has 0 spiro atoms. The van der Waals surface area contributed by atoms with Gasteiger partial charge in [-0.05, 0) is 36.2 Å². The molecule has 0 saturated heterocycles. The van der Waals surface area contributed by atoms with E-state index in [0.717, 1.165) is 6.42 Å². The Balaban J connectivity index is 1.97. The average molecular weight is 388 g/mol. The maximum absolute atomic E-state index is 12.9. The second kappa shape index (κ2) is 7.29. The number of hydrogen-bond donors (Lipinski definition) is 1. The molecule has 0 unspecified atom stereocenters. The van der Waals surface area contributed by atoms with Crippen molar-refractivity contribution in [2.45, 2.75) is 39.3 Å². The third-order valence-corrected chi connectivity index (χ3v) is 4.12. The van der Waals surface area contributed by atoms with Gasteiger partial charge in [-0.3, -0.25) is 14.5 Å². The summed E-state index contributed by atoms with van der Waals surface area (Å²) < 4.78 is 11.0. The number of rotatable bonds is 6. The molecule has 0 atom stereocenters. The molecule has 0 aromatic carbocycles. The number of aromatic amines is 1. The number of nitro groups is 1. The largest absolute Gasteiger partial charge is 0.488 e. The minimum Gasteiger partial charge on any atom is -0.488 e. The predicted molar refractivity (Wildman–Crippen MR) is 99.6 cm³/mol. The van der Waals surface area contributed by atoms with Crippen LogP contribution in [0.3, 0.4) is 0 Å². The number of carbonyl (C=O) groups is 1. The van der Waals surface area contributed by atoms with Crippen molar-refractivity contribution in [2.24, 2.45) is 0 Å². The number of nitrogens with zero attached hydrogens (tertiary/aromatic N) is 3. The lowest BCUT2D eigenvalue weighted by Crippen LogP contribution is -2.52. The van der Waals surface area contributed by atoms with Crippen molar-refractivity contribution in [1.82, 2.24) is 9.97 Å². The Labute approximate surface area is 160 Å². The van der Waals surface area contributed by atoms with Crippen LogP contribution in [0.25, 0.3) is 0 Å². The third-order valence-electron chi connectivity index (χ3n) is 4.12. The molecule has 0 aliphatic carbocycles. The topological polar surface area (TPSA) is 128 Å². The summed E-state index contributed by atoms with van der Waals surface area (Å²) in [6.45, 7) is 5.50. The molecular formula is C18H20N4O6. The maximum atomic E-state index is 12.9. The van der Waals surface area contributed by atoms with E-state index in [1.54, 1.807) is 13.8 Å². The molecule has 148 valence electrons. The minimum absolute atomic E-state index is 0.0317. The summed E-state index contributed by atoms with van der Waals surface area (Å²) in [5.41, 5.74) is -1.08. The Morgan fingerprint density at radius 2 is 2.11 bits per heavy atom. The number of amides is 1. The highest BCUT2D eigenvalue weighted by Gasteiger charge is 2.44. The van der Waals surface area contributed by atoms with E-state index in [4.69, 9.17) is 9.47 Å². The van der Waals surface area contributed by atoms with Gasteiger partial charge < -0.3 is 24.6 Å². The molecule has 0 bridgehead atoms. The van der Waals surface area contributed by atoms with E-state index in [0.29, 0.717) is 12.3 Å². The zero-order valence-electron chi connectivity index (χ0n) is 15.7. The van der Waals surface area contributed by atoms with Crippen molar-refractivity contribution in [3.63, 3.8) is 0 Å². The highest BCUT2D eigenvalue weighted by Crippen LogP contribution is 2.38. The smallest absolute Gasteiger partial charge is 0.366 e. The molecule has 3 rings (SSSR count). The van der Waals surface area contributed by atoms with Gasteiger partial charge in [-0.2, -0.15) is 0 Å². The number of H-pyrrole nitrogens is 1. The molecule has 0 fully saturated rings. The van der Waals surface area contributed by atoms with Gasteiger partial charge in [0.25, 0.3) is 11.7 Å². The normalized spacial score (nSPS) is 15.0. The Bertz CT molecular complexity index is 984. The van der Waals surface area contributed by atoms with Crippen LogP contribution in [0.1, 0.15) is 32.9 Å². The quantitative estimate of drug-likeness (QED) is 0.593. The molecule has 2 aromatic heterocycles. The first-order chi connectivity index (χ1) is 13.2. The monoisotopic (exact) mass is 388 g/mol. The molecule has 1 aliphatic rings. The van der Waals surface area contributed by atoms with Gasteiger partial charge in [0.2, 0.25) is 5.43 Å². The Morgan fingerprint density at radius 1 is 1.36 bits per heavy atom. The molecule has 1 amide bonds. The van der Waals surface area contributed by atoms with E-state index >= 15 is 0 Å². The van der Waals surface area contributed by atoms with E-state index in [1.807, 2.05) is 6.92 Å². The van der Waals surface area contributed by atoms with Gasteiger partial charge in [0.15, 0.2) is 17.1 Å². The standard InChI is InChI=1S/C18H20N4O6/c1-4-7-27-14-9-19-11(8-12(14)23)10-21-16-13(28-18(2,3)17(21)24)5-6-15(20-16)22(25)26/h5-6,8-9H,4,7,10H2,1-3H3,(H,19,23). The molecular weight excluding hydrogens is 368 g/mol. The van der Waals surface area contributed by atoms with E-state index in [9.17, 15) is 19.7 Å². The molecule has 28 heavy (non-hydrogen) atoms. The minimum atomic E-state index is -1.19. The van der Waals surface area contributed by atoms with Crippen molar-refractivity contribution < 1.29 is 19.2 Å². The van der Waals surface area contributed by atoms with Crippen molar-refractivity contribution in [3.05, 3.63) is 50.4 Å². The first kappa shape index (κ1) is 19.3. The fourth-order valence-electron chi connectivity index (χ4n) is 2.77. The van der Waals surface area contributed by atoms with Gasteiger partial charge in [0.05, 0.1) is 13.2 Å². The fraction of sp³-hybridized carbons (Fsp3) is 0.389. The molecule has 2 aromatic rings. The first-order valence-electron chi connectivity index (χ1n) is 8.73. The number of fused-ring (bicyclic) bond motifs is 1. The molecule has 10 heteroatoms. The summed E-state index contributed by atoms with van der Waals surface area (Å²) in [5, 5.41) is 11.1. The number of aromatic nitrogens is 2. The summed E-state index contributed by atoms with van der Waals surface area (Å²) in [6, 6.07) is 3.95. The Morgan fingerprint density at radius 3 is 2.75 bits per heavy atom. The number of anilines is 1. The van der Waals surface area contributed by atoms with Crippen LogP contribution in [-0.2, 0) is 11.3 Å². The highest BCUT2D eigenvalue weighted by molar-refractivity contribution is 6.01. The molecule has 0 saturated carbocycles. The van der Waals surface area contributed by atoms with Gasteiger partial charge in [-0.15, -0.1) is 0 Å². The fourth-order valence-corrected chi connectivity index (χ4v) is 2.77. The van der Waals surface area contributed by atoms with Gasteiger partial charge in [-0.25, -0.2) is 0 Å². The van der Waals surface area contributed by atoms with E-state index < -0.39 is 22.2 Å². The van der Waals surface area contributed by atoms with E-state index in [1.165, 1.54) is 29.3 Å². The highest BCUT2D eigenvalue weighted by atomic mass is 16.6. The van der Waals surface area contributed by atoms with Crippen LogP contribution in [-0.4, -0.2) is 33.0 Å².